The van der Waals surface area contributed by atoms with Crippen LogP contribution in [0, 0.1) is 25.5 Å². The molecule has 0 aliphatic rings. The highest BCUT2D eigenvalue weighted by Crippen LogP contribution is 2.22. The topological polar surface area (TPSA) is 92.4 Å². The summed E-state index contributed by atoms with van der Waals surface area (Å²) in [4.78, 5) is 26.6. The lowest BCUT2D eigenvalue weighted by Crippen LogP contribution is -2.15. The van der Waals surface area contributed by atoms with Crippen LogP contribution in [0.5, 0.6) is 0 Å². The molecule has 0 radical (unpaired) electrons. The first-order valence-electron chi connectivity index (χ1n) is 5.78. The second kappa shape index (κ2) is 5.31. The Morgan fingerprint density at radius 3 is 2.48 bits per heavy atom. The molecule has 1 aromatic heterocycles. The molecule has 0 aliphatic carbocycles. The largest absolute Gasteiger partial charge is 0.477 e. The molecule has 21 heavy (non-hydrogen) atoms. The molecule has 0 fully saturated rings. The van der Waals surface area contributed by atoms with Crippen molar-refractivity contribution in [2.75, 3.05) is 5.32 Å². The molecule has 0 aliphatic heterocycles. The monoisotopic (exact) mass is 296 g/mol. The average Bonchev–Trinajstić information content (AvgIpc) is 2.71. The normalized spacial score (nSPS) is 10.5. The fourth-order valence-corrected chi connectivity index (χ4v) is 1.77. The molecule has 2 rings (SSSR count). The van der Waals surface area contributed by atoms with Gasteiger partial charge >= 0.3 is 5.97 Å². The first kappa shape index (κ1) is 14.6. The molecule has 110 valence electrons. The molecule has 1 aromatic carbocycles. The Morgan fingerprint density at radius 2 is 1.95 bits per heavy atom. The van der Waals surface area contributed by atoms with E-state index in [1.807, 2.05) is 0 Å². The number of carbonyl (C=O) groups is 2. The van der Waals surface area contributed by atoms with Gasteiger partial charge in [0.25, 0.3) is 5.91 Å². The number of nitrogens with one attached hydrogen (secondary N) is 1. The van der Waals surface area contributed by atoms with Crippen molar-refractivity contribution in [2.45, 2.75) is 13.8 Å². The van der Waals surface area contributed by atoms with E-state index in [0.29, 0.717) is 5.69 Å². The van der Waals surface area contributed by atoms with Gasteiger partial charge in [0.15, 0.2) is 11.7 Å². The summed E-state index contributed by atoms with van der Waals surface area (Å²) < 4.78 is 32.2. The Balaban J connectivity index is 2.36. The number of carboxylic acid groups (broad SMARTS) is 1. The van der Waals surface area contributed by atoms with E-state index in [9.17, 15) is 18.4 Å². The molecule has 2 N–H and O–H groups in total. The van der Waals surface area contributed by atoms with Crippen LogP contribution in [-0.4, -0.2) is 22.0 Å². The molecule has 0 unspecified atom stereocenters. The fraction of sp³-hybridized carbons (Fsp3) is 0.154. The third-order valence-electron chi connectivity index (χ3n) is 2.66. The van der Waals surface area contributed by atoms with Crippen molar-refractivity contribution < 1.29 is 27.9 Å². The van der Waals surface area contributed by atoms with E-state index in [1.165, 1.54) is 13.8 Å². The minimum absolute atomic E-state index is 0.131. The Morgan fingerprint density at radius 1 is 1.29 bits per heavy atom. The van der Waals surface area contributed by atoms with Crippen molar-refractivity contribution in [1.82, 2.24) is 4.98 Å². The summed E-state index contributed by atoms with van der Waals surface area (Å²) in [5, 5.41) is 10.9. The van der Waals surface area contributed by atoms with Crippen LogP contribution in [-0.2, 0) is 0 Å². The Hall–Kier alpha value is -2.77. The lowest BCUT2D eigenvalue weighted by atomic mass is 10.1. The predicted octanol–water partition coefficient (Wildman–Crippen LogP) is 2.52. The van der Waals surface area contributed by atoms with Crippen molar-refractivity contribution in [1.29, 1.82) is 0 Å². The van der Waals surface area contributed by atoms with Crippen molar-refractivity contribution in [3.8, 4) is 0 Å². The fourth-order valence-electron chi connectivity index (χ4n) is 1.77. The summed E-state index contributed by atoms with van der Waals surface area (Å²) in [5.41, 5.74) is -1.31. The van der Waals surface area contributed by atoms with Crippen LogP contribution in [0.4, 0.5) is 14.5 Å². The Bertz CT molecular complexity index is 740. The lowest BCUT2D eigenvalue weighted by Gasteiger charge is -2.07. The van der Waals surface area contributed by atoms with Gasteiger partial charge in [-0.05, 0) is 19.1 Å². The first-order chi connectivity index (χ1) is 9.81. The number of hydrogen-bond acceptors (Lipinski definition) is 4. The molecule has 2 aromatic rings. The maximum Gasteiger partial charge on any atom is 0.341 e. The zero-order valence-corrected chi connectivity index (χ0v) is 11.0. The van der Waals surface area contributed by atoms with Crippen LogP contribution in [0.3, 0.4) is 0 Å². The highest BCUT2D eigenvalue weighted by atomic mass is 19.1. The van der Waals surface area contributed by atoms with E-state index >= 15 is 0 Å². The number of carbonyl (C=O) groups excluding carboxylic acids is 1. The van der Waals surface area contributed by atoms with Crippen molar-refractivity contribution in [3.05, 3.63) is 46.7 Å². The minimum Gasteiger partial charge on any atom is -0.477 e. The van der Waals surface area contributed by atoms with Crippen LogP contribution in [0.25, 0.3) is 0 Å². The van der Waals surface area contributed by atoms with Gasteiger partial charge in [0.05, 0.1) is 11.4 Å². The summed E-state index contributed by atoms with van der Waals surface area (Å²) in [5.74, 6) is -5.06. The van der Waals surface area contributed by atoms with Crippen LogP contribution in [0.15, 0.2) is 16.5 Å². The van der Waals surface area contributed by atoms with Gasteiger partial charge in [-0.1, -0.05) is 0 Å². The molecule has 0 spiro atoms. The van der Waals surface area contributed by atoms with Gasteiger partial charge in [-0.2, -0.15) is 0 Å². The number of aromatic carboxylic acids is 1. The number of aromatic nitrogens is 1. The lowest BCUT2D eigenvalue weighted by molar-refractivity contribution is 0.0686. The molecule has 1 heterocycles. The summed E-state index contributed by atoms with van der Waals surface area (Å²) in [7, 11) is 0. The van der Waals surface area contributed by atoms with Crippen molar-refractivity contribution in [2.24, 2.45) is 0 Å². The first-order valence-corrected chi connectivity index (χ1v) is 5.78. The molecule has 0 saturated carbocycles. The standard InChI is InChI=1S/C13H10F2N2O4/c1-5-11(21-6(2)16-5)12(18)17-8-4-3-7(14)9(10(8)15)13(19)20/h3-4H,1-2H3,(H,17,18)(H,19,20). The SMILES string of the molecule is Cc1nc(C)c(C(=O)Nc2ccc(F)c(C(=O)O)c2F)o1. The third kappa shape index (κ3) is 2.73. The van der Waals surface area contributed by atoms with Crippen molar-refractivity contribution >= 4 is 17.6 Å². The van der Waals surface area contributed by atoms with Crippen molar-refractivity contribution in [3.63, 3.8) is 0 Å². The molecular weight excluding hydrogens is 286 g/mol. The number of aryl methyl sites for hydroxylation is 2. The number of amides is 1. The molecule has 0 saturated heterocycles. The van der Waals surface area contributed by atoms with E-state index in [0.717, 1.165) is 12.1 Å². The van der Waals surface area contributed by atoms with E-state index in [-0.39, 0.29) is 11.7 Å². The van der Waals surface area contributed by atoms with Gasteiger partial charge in [-0.3, -0.25) is 4.79 Å². The number of anilines is 1. The second-order valence-corrected chi connectivity index (χ2v) is 4.19. The van der Waals surface area contributed by atoms with Crippen LogP contribution in [0.2, 0.25) is 0 Å². The van der Waals surface area contributed by atoms with Crippen LogP contribution >= 0.6 is 0 Å². The number of benzene rings is 1. The highest BCUT2D eigenvalue weighted by molar-refractivity contribution is 6.03. The number of hydrogen-bond donors (Lipinski definition) is 2. The van der Waals surface area contributed by atoms with Gasteiger partial charge in [-0.15, -0.1) is 0 Å². The second-order valence-electron chi connectivity index (χ2n) is 4.19. The number of rotatable bonds is 3. The molecular formula is C13H10F2N2O4. The van der Waals surface area contributed by atoms with E-state index < -0.39 is 34.8 Å². The molecule has 6 nitrogen and oxygen atoms in total. The summed E-state index contributed by atoms with van der Waals surface area (Å²) in [6.07, 6.45) is 0. The zero-order chi connectivity index (χ0) is 15.7. The van der Waals surface area contributed by atoms with E-state index in [4.69, 9.17) is 9.52 Å². The molecule has 1 amide bonds. The Kier molecular flexibility index (Phi) is 3.70. The van der Waals surface area contributed by atoms with Crippen LogP contribution < -0.4 is 5.32 Å². The molecule has 0 bridgehead atoms. The number of nitrogens with zero attached hydrogens (tertiary/aromatic N) is 1. The number of oxazole rings is 1. The van der Waals surface area contributed by atoms with Crippen LogP contribution in [0.1, 0.15) is 32.5 Å². The quantitative estimate of drug-likeness (QED) is 0.908. The Labute approximate surface area is 117 Å². The molecule has 0 atom stereocenters. The maximum atomic E-state index is 13.9. The summed E-state index contributed by atoms with van der Waals surface area (Å²) in [6.45, 7) is 3.06. The van der Waals surface area contributed by atoms with Gasteiger partial charge < -0.3 is 14.8 Å². The van der Waals surface area contributed by atoms with Gasteiger partial charge in [0, 0.05) is 6.92 Å². The average molecular weight is 296 g/mol. The predicted molar refractivity (Wildman–Crippen MR) is 67.2 cm³/mol. The zero-order valence-electron chi connectivity index (χ0n) is 11.0. The third-order valence-corrected chi connectivity index (χ3v) is 2.66. The van der Waals surface area contributed by atoms with Gasteiger partial charge in [0.2, 0.25) is 5.76 Å². The smallest absolute Gasteiger partial charge is 0.341 e. The minimum atomic E-state index is -1.77. The maximum absolute atomic E-state index is 13.9. The number of carboxylic acids is 1. The number of halogens is 2. The summed E-state index contributed by atoms with van der Waals surface area (Å²) in [6, 6.07) is 1.67. The molecule has 8 heteroatoms. The van der Waals surface area contributed by atoms with E-state index in [1.54, 1.807) is 0 Å². The van der Waals surface area contributed by atoms with Gasteiger partial charge in [-0.25, -0.2) is 18.6 Å². The highest BCUT2D eigenvalue weighted by Gasteiger charge is 2.23. The van der Waals surface area contributed by atoms with Gasteiger partial charge in [0.1, 0.15) is 11.4 Å². The van der Waals surface area contributed by atoms with E-state index in [2.05, 4.69) is 10.3 Å². The summed E-state index contributed by atoms with van der Waals surface area (Å²) >= 11 is 0.